The number of rotatable bonds is 3. The number of hydrogen-bond acceptors (Lipinski definition) is 3. The SMILES string of the molecule is CN(C)C(=O)CN(C)c1ccc(C(F)(F)F)c(C#N)c1. The van der Waals surface area contributed by atoms with Gasteiger partial charge < -0.3 is 9.80 Å². The minimum atomic E-state index is -4.57. The largest absolute Gasteiger partial charge is 0.417 e. The van der Waals surface area contributed by atoms with Gasteiger partial charge in [0.25, 0.3) is 0 Å². The van der Waals surface area contributed by atoms with Gasteiger partial charge in [0.05, 0.1) is 23.7 Å². The van der Waals surface area contributed by atoms with Crippen LogP contribution in [0.4, 0.5) is 18.9 Å². The maximum absolute atomic E-state index is 12.7. The molecule has 0 atom stereocenters. The van der Waals surface area contributed by atoms with Crippen LogP contribution in [0, 0.1) is 11.3 Å². The summed E-state index contributed by atoms with van der Waals surface area (Å²) in [4.78, 5) is 14.4. The Bertz CT molecular complexity index is 547. The lowest BCUT2D eigenvalue weighted by molar-refractivity contribution is -0.137. The molecular formula is C13H14F3N3O. The van der Waals surface area contributed by atoms with Crippen LogP contribution in [-0.4, -0.2) is 38.5 Å². The fraction of sp³-hybridized carbons (Fsp3) is 0.385. The lowest BCUT2D eigenvalue weighted by atomic mass is 10.1. The Hall–Kier alpha value is -2.23. The molecule has 0 fully saturated rings. The Morgan fingerprint density at radius 3 is 2.35 bits per heavy atom. The van der Waals surface area contributed by atoms with Gasteiger partial charge in [0, 0.05) is 26.8 Å². The summed E-state index contributed by atoms with van der Waals surface area (Å²) in [6, 6.07) is 4.76. The van der Waals surface area contributed by atoms with E-state index in [1.807, 2.05) is 0 Å². The Kier molecular flexibility index (Phi) is 4.61. The minimum absolute atomic E-state index is 0.0171. The normalized spacial score (nSPS) is 10.8. The van der Waals surface area contributed by atoms with E-state index in [0.29, 0.717) is 5.69 Å². The van der Waals surface area contributed by atoms with Gasteiger partial charge in [-0.15, -0.1) is 0 Å². The molecule has 0 heterocycles. The van der Waals surface area contributed by atoms with Crippen molar-refractivity contribution >= 4 is 11.6 Å². The first-order valence-corrected chi connectivity index (χ1v) is 5.69. The average molecular weight is 285 g/mol. The number of halogens is 3. The van der Waals surface area contributed by atoms with Crippen LogP contribution in [0.1, 0.15) is 11.1 Å². The van der Waals surface area contributed by atoms with E-state index < -0.39 is 17.3 Å². The number of alkyl halides is 3. The molecule has 108 valence electrons. The first kappa shape index (κ1) is 15.8. The summed E-state index contributed by atoms with van der Waals surface area (Å²) in [6.45, 7) is 0.0171. The van der Waals surface area contributed by atoms with Crippen molar-refractivity contribution in [1.82, 2.24) is 4.90 Å². The molecular weight excluding hydrogens is 271 g/mol. The van der Waals surface area contributed by atoms with Crippen molar-refractivity contribution in [2.45, 2.75) is 6.18 Å². The highest BCUT2D eigenvalue weighted by molar-refractivity contribution is 5.81. The van der Waals surface area contributed by atoms with E-state index in [0.717, 1.165) is 12.1 Å². The van der Waals surface area contributed by atoms with Crippen molar-refractivity contribution in [1.29, 1.82) is 5.26 Å². The highest BCUT2D eigenvalue weighted by Gasteiger charge is 2.33. The van der Waals surface area contributed by atoms with Crippen LogP contribution in [-0.2, 0) is 11.0 Å². The fourth-order valence-electron chi connectivity index (χ4n) is 1.54. The zero-order valence-electron chi connectivity index (χ0n) is 11.3. The second kappa shape index (κ2) is 5.82. The summed E-state index contributed by atoms with van der Waals surface area (Å²) in [5.74, 6) is -0.189. The van der Waals surface area contributed by atoms with Crippen molar-refractivity contribution < 1.29 is 18.0 Å². The lowest BCUT2D eigenvalue weighted by Gasteiger charge is -2.22. The number of carbonyl (C=O) groups is 1. The number of hydrogen-bond donors (Lipinski definition) is 0. The number of nitriles is 1. The standard InChI is InChI=1S/C13H14F3N3O/c1-18(2)12(20)8-19(3)10-4-5-11(13(14,15)16)9(6-10)7-17/h4-6H,8H2,1-3H3. The van der Waals surface area contributed by atoms with Crippen molar-refractivity contribution in [3.8, 4) is 6.07 Å². The Labute approximate surface area is 115 Å². The molecule has 0 aliphatic heterocycles. The maximum atomic E-state index is 12.7. The van der Waals surface area contributed by atoms with Gasteiger partial charge in [0.15, 0.2) is 0 Å². The van der Waals surface area contributed by atoms with Gasteiger partial charge >= 0.3 is 6.18 Å². The lowest BCUT2D eigenvalue weighted by Crippen LogP contribution is -2.34. The van der Waals surface area contributed by atoms with Gasteiger partial charge in [-0.1, -0.05) is 0 Å². The third-order valence-corrected chi connectivity index (χ3v) is 2.74. The molecule has 20 heavy (non-hydrogen) atoms. The van der Waals surface area contributed by atoms with E-state index >= 15 is 0 Å². The molecule has 0 radical (unpaired) electrons. The molecule has 0 saturated heterocycles. The molecule has 1 aromatic carbocycles. The first-order valence-electron chi connectivity index (χ1n) is 5.69. The minimum Gasteiger partial charge on any atom is -0.365 e. The molecule has 7 heteroatoms. The Balaban J connectivity index is 3.05. The van der Waals surface area contributed by atoms with E-state index in [9.17, 15) is 18.0 Å². The van der Waals surface area contributed by atoms with Crippen molar-refractivity contribution in [3.05, 3.63) is 29.3 Å². The zero-order valence-corrected chi connectivity index (χ0v) is 11.3. The smallest absolute Gasteiger partial charge is 0.365 e. The predicted molar refractivity (Wildman–Crippen MR) is 68.1 cm³/mol. The van der Waals surface area contributed by atoms with Crippen LogP contribution >= 0.6 is 0 Å². The molecule has 1 amide bonds. The molecule has 4 nitrogen and oxygen atoms in total. The van der Waals surface area contributed by atoms with E-state index in [-0.39, 0.29) is 12.5 Å². The summed E-state index contributed by atoms with van der Waals surface area (Å²) in [7, 11) is 4.75. The van der Waals surface area contributed by atoms with Crippen molar-refractivity contribution in [2.24, 2.45) is 0 Å². The summed E-state index contributed by atoms with van der Waals surface area (Å²) in [5, 5.41) is 8.81. The number of carbonyl (C=O) groups excluding carboxylic acids is 1. The molecule has 1 rings (SSSR count). The second-order valence-corrected chi connectivity index (χ2v) is 4.48. The second-order valence-electron chi connectivity index (χ2n) is 4.48. The summed E-state index contributed by atoms with van der Waals surface area (Å²) >= 11 is 0. The molecule has 0 aliphatic carbocycles. The van der Waals surface area contributed by atoms with Crippen LogP contribution in [0.5, 0.6) is 0 Å². The fourth-order valence-corrected chi connectivity index (χ4v) is 1.54. The third-order valence-electron chi connectivity index (χ3n) is 2.74. The monoisotopic (exact) mass is 285 g/mol. The van der Waals surface area contributed by atoms with Crippen LogP contribution in [0.3, 0.4) is 0 Å². The van der Waals surface area contributed by atoms with Crippen LogP contribution in [0.25, 0.3) is 0 Å². The number of anilines is 1. The van der Waals surface area contributed by atoms with E-state index in [2.05, 4.69) is 0 Å². The highest BCUT2D eigenvalue weighted by Crippen LogP contribution is 2.33. The Morgan fingerprint density at radius 1 is 1.30 bits per heavy atom. The summed E-state index contributed by atoms with van der Waals surface area (Å²) < 4.78 is 38.0. The maximum Gasteiger partial charge on any atom is 0.417 e. The quantitative estimate of drug-likeness (QED) is 0.854. The molecule has 0 aliphatic rings. The highest BCUT2D eigenvalue weighted by atomic mass is 19.4. The van der Waals surface area contributed by atoms with Crippen molar-refractivity contribution in [3.63, 3.8) is 0 Å². The number of nitrogens with zero attached hydrogens (tertiary/aromatic N) is 3. The predicted octanol–water partition coefficient (Wildman–Crippen LogP) is 2.10. The first-order chi connectivity index (χ1) is 9.16. The van der Waals surface area contributed by atoms with Gasteiger partial charge in [0.1, 0.15) is 0 Å². The average Bonchev–Trinajstić information content (AvgIpc) is 2.36. The number of amides is 1. The number of benzene rings is 1. The van der Waals surface area contributed by atoms with Gasteiger partial charge in [-0.2, -0.15) is 18.4 Å². The molecule has 0 saturated carbocycles. The molecule has 1 aromatic rings. The number of likely N-dealkylation sites (N-methyl/N-ethyl adjacent to an activating group) is 2. The van der Waals surface area contributed by atoms with Gasteiger partial charge in [-0.05, 0) is 18.2 Å². The summed E-state index contributed by atoms with van der Waals surface area (Å²) in [6.07, 6.45) is -4.57. The molecule has 0 N–H and O–H groups in total. The van der Waals surface area contributed by atoms with Gasteiger partial charge in [0.2, 0.25) is 5.91 Å². The van der Waals surface area contributed by atoms with Crippen molar-refractivity contribution in [2.75, 3.05) is 32.6 Å². The topological polar surface area (TPSA) is 47.3 Å². The van der Waals surface area contributed by atoms with Crippen LogP contribution in [0.2, 0.25) is 0 Å². The van der Waals surface area contributed by atoms with E-state index in [1.165, 1.54) is 21.9 Å². The third kappa shape index (κ3) is 3.63. The van der Waals surface area contributed by atoms with E-state index in [4.69, 9.17) is 5.26 Å². The van der Waals surface area contributed by atoms with Crippen LogP contribution < -0.4 is 4.90 Å². The zero-order chi connectivity index (χ0) is 15.5. The summed E-state index contributed by atoms with van der Waals surface area (Å²) in [5.41, 5.74) is -1.06. The molecule has 0 spiro atoms. The van der Waals surface area contributed by atoms with Gasteiger partial charge in [-0.25, -0.2) is 0 Å². The van der Waals surface area contributed by atoms with E-state index in [1.54, 1.807) is 21.1 Å². The Morgan fingerprint density at radius 2 is 1.90 bits per heavy atom. The van der Waals surface area contributed by atoms with Gasteiger partial charge in [-0.3, -0.25) is 4.79 Å². The molecule has 0 aromatic heterocycles. The molecule has 0 unspecified atom stereocenters. The van der Waals surface area contributed by atoms with Crippen LogP contribution in [0.15, 0.2) is 18.2 Å². The molecule has 0 bridgehead atoms.